The maximum atomic E-state index is 14.4. The van der Waals surface area contributed by atoms with E-state index in [1.54, 1.807) is 19.1 Å². The van der Waals surface area contributed by atoms with Crippen molar-refractivity contribution in [3.8, 4) is 0 Å². The molecule has 0 unspecified atom stereocenters. The summed E-state index contributed by atoms with van der Waals surface area (Å²) in [4.78, 5) is 50.5. The molecular formula is C26H34O8. The standard InChI is InChI=1S/C26H34O8/c1-12-10-25-13(2)8-19-20(24(19,6)7)18(21(25)30)9-17(11-32-14(3)27)23(34-16(5)29)26(25,31)22(12)33-15(4)28/h9-10,13,18-20,22-23,31H,8,11H2,1-7H3/t13-,18+,19-,20+,22+,23-,25+,26-/m1/s1. The van der Waals surface area contributed by atoms with Crippen LogP contribution in [-0.4, -0.2) is 53.2 Å². The first kappa shape index (κ1) is 24.6. The number of allylic oxidation sites excluding steroid dienone is 1. The van der Waals surface area contributed by atoms with Gasteiger partial charge in [-0.25, -0.2) is 0 Å². The Morgan fingerprint density at radius 2 is 1.65 bits per heavy atom. The third kappa shape index (κ3) is 3.21. The Bertz CT molecular complexity index is 1020. The molecule has 186 valence electrons. The van der Waals surface area contributed by atoms with E-state index in [0.29, 0.717) is 17.6 Å². The van der Waals surface area contributed by atoms with Gasteiger partial charge in [0.05, 0.1) is 5.41 Å². The summed E-state index contributed by atoms with van der Waals surface area (Å²) in [5.41, 5.74) is -2.76. The molecule has 4 aliphatic rings. The van der Waals surface area contributed by atoms with Crippen LogP contribution < -0.4 is 0 Å². The van der Waals surface area contributed by atoms with E-state index in [1.165, 1.54) is 20.8 Å². The zero-order chi connectivity index (χ0) is 25.4. The van der Waals surface area contributed by atoms with Crippen LogP contribution in [0.25, 0.3) is 0 Å². The van der Waals surface area contributed by atoms with Crippen LogP contribution >= 0.6 is 0 Å². The van der Waals surface area contributed by atoms with Gasteiger partial charge in [0, 0.05) is 32.3 Å². The first-order chi connectivity index (χ1) is 15.7. The van der Waals surface area contributed by atoms with Gasteiger partial charge < -0.3 is 19.3 Å². The Morgan fingerprint density at radius 1 is 1.06 bits per heavy atom. The first-order valence-electron chi connectivity index (χ1n) is 11.8. The molecule has 2 fully saturated rings. The van der Waals surface area contributed by atoms with Crippen molar-refractivity contribution in [3.05, 3.63) is 23.3 Å². The summed E-state index contributed by atoms with van der Waals surface area (Å²) in [6.45, 7) is 11.4. The first-order valence-corrected chi connectivity index (χ1v) is 11.8. The third-order valence-electron chi connectivity index (χ3n) is 8.69. The SMILES string of the molecule is CC(=O)OCC1=C[C@@H]2C(=O)[C@]3(C=C(C)[C@H](OC(C)=O)[C@@]3(O)[C@@H]1OC(C)=O)[C@H](C)C[C@@H]1[C@H]2C1(C)C. The van der Waals surface area contributed by atoms with Gasteiger partial charge in [-0.15, -0.1) is 0 Å². The molecule has 1 N–H and O–H groups in total. The van der Waals surface area contributed by atoms with Gasteiger partial charge in [-0.05, 0) is 42.1 Å². The largest absolute Gasteiger partial charge is 0.461 e. The summed E-state index contributed by atoms with van der Waals surface area (Å²) in [7, 11) is 0. The maximum absolute atomic E-state index is 14.4. The van der Waals surface area contributed by atoms with Crippen LogP contribution in [0, 0.1) is 34.5 Å². The molecule has 8 nitrogen and oxygen atoms in total. The molecule has 0 radical (unpaired) electrons. The molecule has 0 aromatic carbocycles. The lowest BCUT2D eigenvalue weighted by molar-refractivity contribution is -0.211. The van der Waals surface area contributed by atoms with E-state index < -0.39 is 47.0 Å². The lowest BCUT2D eigenvalue weighted by atomic mass is 9.59. The van der Waals surface area contributed by atoms with Crippen molar-refractivity contribution < 1.29 is 38.5 Å². The third-order valence-corrected chi connectivity index (χ3v) is 8.69. The number of carbonyl (C=O) groups is 4. The average Bonchev–Trinajstić information content (AvgIpc) is 3.20. The van der Waals surface area contributed by atoms with Gasteiger partial charge in [-0.3, -0.25) is 19.2 Å². The average molecular weight is 475 g/mol. The second-order valence-corrected chi connectivity index (χ2v) is 11.1. The summed E-state index contributed by atoms with van der Waals surface area (Å²) in [5, 5.41) is 12.6. The van der Waals surface area contributed by atoms with Crippen molar-refractivity contribution >= 4 is 23.7 Å². The molecule has 2 saturated carbocycles. The fourth-order valence-corrected chi connectivity index (χ4v) is 7.24. The summed E-state index contributed by atoms with van der Waals surface area (Å²) >= 11 is 0. The van der Waals surface area contributed by atoms with Gasteiger partial charge in [0.25, 0.3) is 0 Å². The van der Waals surface area contributed by atoms with E-state index in [4.69, 9.17) is 14.2 Å². The topological polar surface area (TPSA) is 116 Å². The molecule has 4 rings (SSSR count). The number of ether oxygens (including phenoxy) is 3. The van der Waals surface area contributed by atoms with Gasteiger partial charge in [0.2, 0.25) is 0 Å². The lowest BCUT2D eigenvalue weighted by Gasteiger charge is -2.49. The zero-order valence-corrected chi connectivity index (χ0v) is 20.8. The Labute approximate surface area is 199 Å². The van der Waals surface area contributed by atoms with Gasteiger partial charge in [0.15, 0.2) is 23.6 Å². The molecule has 2 bridgehead atoms. The highest BCUT2D eigenvalue weighted by atomic mass is 16.6. The van der Waals surface area contributed by atoms with Crippen LogP contribution in [-0.2, 0) is 33.4 Å². The van der Waals surface area contributed by atoms with Crippen LogP contribution in [0.4, 0.5) is 0 Å². The molecule has 0 aliphatic heterocycles. The molecule has 1 spiro atoms. The second kappa shape index (κ2) is 7.77. The molecule has 0 amide bonds. The zero-order valence-electron chi connectivity index (χ0n) is 20.8. The fourth-order valence-electron chi connectivity index (χ4n) is 7.24. The minimum atomic E-state index is -2.09. The lowest BCUT2D eigenvalue weighted by Crippen LogP contribution is -2.66. The summed E-state index contributed by atoms with van der Waals surface area (Å²) in [6.07, 6.45) is 1.60. The molecule has 8 atom stereocenters. The van der Waals surface area contributed by atoms with E-state index in [0.717, 1.165) is 0 Å². The van der Waals surface area contributed by atoms with Gasteiger partial charge in [0.1, 0.15) is 6.61 Å². The Balaban J connectivity index is 1.99. The predicted molar refractivity (Wildman–Crippen MR) is 120 cm³/mol. The summed E-state index contributed by atoms with van der Waals surface area (Å²) < 4.78 is 16.6. The minimum absolute atomic E-state index is 0.0379. The van der Waals surface area contributed by atoms with Crippen molar-refractivity contribution in [1.29, 1.82) is 0 Å². The van der Waals surface area contributed by atoms with Crippen LogP contribution in [0.5, 0.6) is 0 Å². The molecule has 4 aliphatic carbocycles. The van der Waals surface area contributed by atoms with E-state index >= 15 is 0 Å². The van der Waals surface area contributed by atoms with Crippen LogP contribution in [0.15, 0.2) is 23.3 Å². The number of hydrogen-bond acceptors (Lipinski definition) is 8. The number of esters is 3. The normalized spacial score (nSPS) is 41.6. The fraction of sp³-hybridized carbons (Fsp3) is 0.692. The minimum Gasteiger partial charge on any atom is -0.461 e. The van der Waals surface area contributed by atoms with Gasteiger partial charge in [-0.2, -0.15) is 0 Å². The van der Waals surface area contributed by atoms with Gasteiger partial charge in [-0.1, -0.05) is 32.9 Å². The predicted octanol–water partition coefficient (Wildman–Crippen LogP) is 2.53. The highest BCUT2D eigenvalue weighted by molar-refractivity contribution is 5.95. The Kier molecular flexibility index (Phi) is 5.63. The number of Topliss-reactive ketones (excluding diaryl/α,β-unsaturated/α-hetero) is 1. The molecule has 0 heterocycles. The Hall–Kier alpha value is -2.48. The van der Waals surface area contributed by atoms with Gasteiger partial charge >= 0.3 is 17.9 Å². The number of hydrogen-bond donors (Lipinski definition) is 1. The quantitative estimate of drug-likeness (QED) is 0.375. The number of aliphatic hydroxyl groups is 1. The summed E-state index contributed by atoms with van der Waals surface area (Å²) in [5.74, 6) is -2.61. The highest BCUT2D eigenvalue weighted by Gasteiger charge is 2.77. The monoisotopic (exact) mass is 474 g/mol. The Morgan fingerprint density at radius 3 is 2.21 bits per heavy atom. The van der Waals surface area contributed by atoms with Crippen molar-refractivity contribution in [2.24, 2.45) is 34.5 Å². The summed E-state index contributed by atoms with van der Waals surface area (Å²) in [6, 6.07) is 0. The van der Waals surface area contributed by atoms with Crippen LogP contribution in [0.1, 0.15) is 54.9 Å². The van der Waals surface area contributed by atoms with E-state index in [1.807, 2.05) is 6.92 Å². The number of fused-ring (bicyclic) bond motifs is 3. The molecule has 34 heavy (non-hydrogen) atoms. The second-order valence-electron chi connectivity index (χ2n) is 11.1. The van der Waals surface area contributed by atoms with Crippen LogP contribution in [0.3, 0.4) is 0 Å². The van der Waals surface area contributed by atoms with Crippen molar-refractivity contribution in [3.63, 3.8) is 0 Å². The van der Waals surface area contributed by atoms with Crippen molar-refractivity contribution in [1.82, 2.24) is 0 Å². The smallest absolute Gasteiger partial charge is 0.303 e. The van der Waals surface area contributed by atoms with Crippen LogP contribution in [0.2, 0.25) is 0 Å². The molecular weight excluding hydrogens is 440 g/mol. The molecule has 0 saturated heterocycles. The van der Waals surface area contributed by atoms with E-state index in [2.05, 4.69) is 13.8 Å². The van der Waals surface area contributed by atoms with Crippen molar-refractivity contribution in [2.45, 2.75) is 72.7 Å². The van der Waals surface area contributed by atoms with E-state index in [-0.39, 0.29) is 35.6 Å². The molecule has 8 heteroatoms. The highest BCUT2D eigenvalue weighted by Crippen LogP contribution is 2.71. The number of carbonyl (C=O) groups excluding carboxylic acids is 4. The van der Waals surface area contributed by atoms with Crippen molar-refractivity contribution in [2.75, 3.05) is 6.61 Å². The molecule has 0 aromatic rings. The maximum Gasteiger partial charge on any atom is 0.303 e. The van der Waals surface area contributed by atoms with E-state index in [9.17, 15) is 24.3 Å². The number of rotatable bonds is 4. The number of ketones is 1. The molecule has 0 aromatic heterocycles.